The van der Waals surface area contributed by atoms with E-state index in [1.165, 1.54) is 16.4 Å². The van der Waals surface area contributed by atoms with Crippen molar-refractivity contribution < 1.29 is 8.42 Å². The molecule has 1 aromatic carbocycles. The Morgan fingerprint density at radius 3 is 2.50 bits per heavy atom. The quantitative estimate of drug-likeness (QED) is 0.782. The summed E-state index contributed by atoms with van der Waals surface area (Å²) in [7, 11) is -3.59. The fourth-order valence-electron chi connectivity index (χ4n) is 1.95. The van der Waals surface area contributed by atoms with Gasteiger partial charge in [0.05, 0.1) is 5.02 Å². The summed E-state index contributed by atoms with van der Waals surface area (Å²) in [6, 6.07) is 4.46. The van der Waals surface area contributed by atoms with Crippen LogP contribution in [0.15, 0.2) is 23.1 Å². The normalized spacial score (nSPS) is 13.7. The number of unbranched alkanes of at least 4 members (excludes halogenated alkanes) is 1. The molecule has 0 radical (unpaired) electrons. The van der Waals surface area contributed by atoms with Crippen LogP contribution in [-0.4, -0.2) is 25.3 Å². The van der Waals surface area contributed by atoms with Gasteiger partial charge in [-0.25, -0.2) is 8.42 Å². The van der Waals surface area contributed by atoms with Crippen molar-refractivity contribution in [3.8, 4) is 0 Å². The molecular weight excluding hydrogens is 296 g/mol. The van der Waals surface area contributed by atoms with E-state index in [0.29, 0.717) is 12.2 Å². The van der Waals surface area contributed by atoms with Gasteiger partial charge in [0.2, 0.25) is 10.0 Å². The number of nitrogens with two attached hydrogens (primary N) is 1. The van der Waals surface area contributed by atoms with Gasteiger partial charge in [-0.1, -0.05) is 31.9 Å². The highest BCUT2D eigenvalue weighted by atomic mass is 35.5. The summed E-state index contributed by atoms with van der Waals surface area (Å²) in [6.45, 7) is 6.44. The molecule has 6 heteroatoms. The van der Waals surface area contributed by atoms with Crippen molar-refractivity contribution in [2.24, 2.45) is 0 Å². The van der Waals surface area contributed by atoms with E-state index in [1.807, 2.05) is 20.8 Å². The second-order valence-corrected chi connectivity index (χ2v) is 7.18. The van der Waals surface area contributed by atoms with Gasteiger partial charge in [-0.2, -0.15) is 4.31 Å². The molecule has 0 aromatic heterocycles. The number of hydrogen-bond donors (Lipinski definition) is 1. The molecule has 0 aliphatic heterocycles. The Morgan fingerprint density at radius 2 is 2.00 bits per heavy atom. The lowest BCUT2D eigenvalue weighted by atomic mass is 10.2. The number of hydrogen-bond acceptors (Lipinski definition) is 3. The third-order valence-corrected chi connectivity index (χ3v) is 5.85. The highest BCUT2D eigenvalue weighted by molar-refractivity contribution is 7.89. The molecule has 4 nitrogen and oxygen atoms in total. The van der Waals surface area contributed by atoms with Crippen LogP contribution in [0, 0.1) is 0 Å². The summed E-state index contributed by atoms with van der Waals surface area (Å²) >= 11 is 6.05. The minimum atomic E-state index is -3.59. The van der Waals surface area contributed by atoms with Crippen LogP contribution in [0.25, 0.3) is 0 Å². The number of sulfonamides is 1. The Balaban J connectivity index is 3.21. The summed E-state index contributed by atoms with van der Waals surface area (Å²) < 4.78 is 27.1. The van der Waals surface area contributed by atoms with Crippen LogP contribution < -0.4 is 5.73 Å². The van der Waals surface area contributed by atoms with Crippen LogP contribution in [0.5, 0.6) is 0 Å². The molecule has 1 unspecified atom stereocenters. The first-order valence-electron chi connectivity index (χ1n) is 6.91. The third-order valence-electron chi connectivity index (χ3n) is 3.36. The van der Waals surface area contributed by atoms with E-state index in [9.17, 15) is 8.42 Å². The summed E-state index contributed by atoms with van der Waals surface area (Å²) in [5.74, 6) is 0. The lowest BCUT2D eigenvalue weighted by molar-refractivity contribution is 0.324. The molecule has 0 fully saturated rings. The van der Waals surface area contributed by atoms with E-state index >= 15 is 0 Å². The van der Waals surface area contributed by atoms with Gasteiger partial charge in [-0.15, -0.1) is 0 Å². The van der Waals surface area contributed by atoms with Crippen LogP contribution in [0.3, 0.4) is 0 Å². The number of nitrogen functional groups attached to an aromatic ring is 1. The van der Waals surface area contributed by atoms with Gasteiger partial charge in [-0.3, -0.25) is 0 Å². The van der Waals surface area contributed by atoms with Crippen molar-refractivity contribution in [1.29, 1.82) is 0 Å². The van der Waals surface area contributed by atoms with Gasteiger partial charge in [0, 0.05) is 18.3 Å². The van der Waals surface area contributed by atoms with Crippen molar-refractivity contribution in [2.45, 2.75) is 51.0 Å². The van der Waals surface area contributed by atoms with Crippen molar-refractivity contribution in [2.75, 3.05) is 12.3 Å². The summed E-state index contributed by atoms with van der Waals surface area (Å²) in [6.07, 6.45) is 2.53. The predicted octanol–water partition coefficient (Wildman–Crippen LogP) is 3.51. The largest absolute Gasteiger partial charge is 0.399 e. The molecular formula is C14H23ClN2O2S. The maximum absolute atomic E-state index is 12.8. The minimum Gasteiger partial charge on any atom is -0.399 e. The second kappa shape index (κ2) is 7.29. The monoisotopic (exact) mass is 318 g/mol. The fourth-order valence-corrected chi connectivity index (χ4v) is 4.22. The molecule has 1 aromatic rings. The predicted molar refractivity (Wildman–Crippen MR) is 84.4 cm³/mol. The van der Waals surface area contributed by atoms with E-state index in [4.69, 9.17) is 17.3 Å². The first kappa shape index (κ1) is 17.3. The Hall–Kier alpha value is -0.780. The average molecular weight is 319 g/mol. The SMILES string of the molecule is CCCCN(C(C)CC)S(=O)(=O)c1ccc(N)cc1Cl. The third kappa shape index (κ3) is 3.87. The van der Waals surface area contributed by atoms with Gasteiger partial charge in [-0.05, 0) is 38.0 Å². The van der Waals surface area contributed by atoms with Crippen LogP contribution in [-0.2, 0) is 10.0 Å². The van der Waals surface area contributed by atoms with E-state index < -0.39 is 10.0 Å². The Labute approximate surface area is 127 Å². The average Bonchev–Trinajstić information content (AvgIpc) is 2.38. The van der Waals surface area contributed by atoms with Crippen molar-refractivity contribution >= 4 is 27.3 Å². The van der Waals surface area contributed by atoms with Gasteiger partial charge in [0.15, 0.2) is 0 Å². The fraction of sp³-hybridized carbons (Fsp3) is 0.571. The zero-order valence-corrected chi connectivity index (χ0v) is 13.8. The molecule has 0 heterocycles. The lowest BCUT2D eigenvalue weighted by Gasteiger charge is -2.28. The molecule has 20 heavy (non-hydrogen) atoms. The Bertz CT molecular complexity index is 546. The molecule has 0 amide bonds. The van der Waals surface area contributed by atoms with Crippen molar-refractivity contribution in [3.05, 3.63) is 23.2 Å². The molecule has 114 valence electrons. The van der Waals surface area contributed by atoms with Crippen LogP contribution in [0.1, 0.15) is 40.0 Å². The highest BCUT2D eigenvalue weighted by Gasteiger charge is 2.29. The Morgan fingerprint density at radius 1 is 1.35 bits per heavy atom. The van der Waals surface area contributed by atoms with Crippen molar-refractivity contribution in [1.82, 2.24) is 4.31 Å². The molecule has 0 spiro atoms. The maximum Gasteiger partial charge on any atom is 0.244 e. The van der Waals surface area contributed by atoms with E-state index in [0.717, 1.165) is 19.3 Å². The van der Waals surface area contributed by atoms with Gasteiger partial charge in [0.25, 0.3) is 0 Å². The Kier molecular flexibility index (Phi) is 6.30. The molecule has 0 aliphatic rings. The standard InChI is InChI=1S/C14H23ClN2O2S/c1-4-6-9-17(11(3)5-2)20(18,19)14-8-7-12(16)10-13(14)15/h7-8,10-11H,4-6,9,16H2,1-3H3. The van der Waals surface area contributed by atoms with Gasteiger partial charge in [0.1, 0.15) is 4.90 Å². The maximum atomic E-state index is 12.8. The molecule has 1 atom stereocenters. The number of anilines is 1. The number of benzene rings is 1. The van der Waals surface area contributed by atoms with Crippen LogP contribution >= 0.6 is 11.6 Å². The summed E-state index contributed by atoms with van der Waals surface area (Å²) in [5.41, 5.74) is 6.08. The molecule has 1 rings (SSSR count). The molecule has 0 bridgehead atoms. The van der Waals surface area contributed by atoms with Crippen molar-refractivity contribution in [3.63, 3.8) is 0 Å². The van der Waals surface area contributed by atoms with Crippen LogP contribution in [0.2, 0.25) is 5.02 Å². The van der Waals surface area contributed by atoms with Gasteiger partial charge >= 0.3 is 0 Å². The van der Waals surface area contributed by atoms with E-state index in [2.05, 4.69) is 0 Å². The topological polar surface area (TPSA) is 63.4 Å². The zero-order valence-electron chi connectivity index (χ0n) is 12.3. The summed E-state index contributed by atoms with van der Waals surface area (Å²) in [5, 5.41) is 0.176. The highest BCUT2D eigenvalue weighted by Crippen LogP contribution is 2.28. The zero-order chi connectivity index (χ0) is 15.3. The number of rotatable bonds is 7. The molecule has 0 saturated heterocycles. The lowest BCUT2D eigenvalue weighted by Crippen LogP contribution is -2.39. The van der Waals surface area contributed by atoms with Crippen LogP contribution in [0.4, 0.5) is 5.69 Å². The second-order valence-electron chi connectivity index (χ2n) is 4.92. The molecule has 0 aliphatic carbocycles. The molecule has 2 N–H and O–H groups in total. The summed E-state index contributed by atoms with van der Waals surface area (Å²) in [4.78, 5) is 0.129. The number of halogens is 1. The van der Waals surface area contributed by atoms with E-state index in [1.54, 1.807) is 6.07 Å². The molecule has 0 saturated carbocycles. The number of nitrogens with zero attached hydrogens (tertiary/aromatic N) is 1. The first-order valence-corrected chi connectivity index (χ1v) is 8.73. The van der Waals surface area contributed by atoms with Gasteiger partial charge < -0.3 is 5.73 Å². The minimum absolute atomic E-state index is 0.0554. The van der Waals surface area contributed by atoms with E-state index in [-0.39, 0.29) is 16.0 Å². The smallest absolute Gasteiger partial charge is 0.244 e. The first-order chi connectivity index (χ1) is 9.34.